The van der Waals surface area contributed by atoms with Gasteiger partial charge in [-0.05, 0) is 12.1 Å². The van der Waals surface area contributed by atoms with Crippen LogP contribution < -0.4 is 5.90 Å². The van der Waals surface area contributed by atoms with Crippen molar-refractivity contribution in [2.75, 3.05) is 0 Å². The Morgan fingerprint density at radius 1 is 1.30 bits per heavy atom. The second-order valence-electron chi connectivity index (χ2n) is 1.76. The van der Waals surface area contributed by atoms with Crippen LogP contribution in [0.25, 0.3) is 0 Å². The van der Waals surface area contributed by atoms with Crippen LogP contribution in [0.5, 0.6) is 0 Å². The highest BCUT2D eigenvalue weighted by Gasteiger charge is 2.02. The van der Waals surface area contributed by atoms with Crippen LogP contribution in [-0.4, -0.2) is 5.97 Å². The number of benzene rings is 1. The van der Waals surface area contributed by atoms with E-state index in [0.29, 0.717) is 5.56 Å². The summed E-state index contributed by atoms with van der Waals surface area (Å²) < 4.78 is 0. The minimum atomic E-state index is -0.624. The molecule has 0 saturated heterocycles. The molecule has 0 unspecified atom stereocenters. The maximum atomic E-state index is 10.6. The molecule has 0 atom stereocenters. The van der Waals surface area contributed by atoms with E-state index in [0.717, 1.165) is 0 Å². The van der Waals surface area contributed by atoms with Crippen molar-refractivity contribution in [1.82, 2.24) is 5.90 Å². The zero-order valence-corrected chi connectivity index (χ0v) is 5.20. The van der Waals surface area contributed by atoms with E-state index in [-0.39, 0.29) is 0 Å². The normalized spacial score (nSPS) is 8.90. The first-order valence-corrected chi connectivity index (χ1v) is 2.77. The van der Waals surface area contributed by atoms with Gasteiger partial charge in [0.15, 0.2) is 0 Å². The second kappa shape index (κ2) is 2.98. The summed E-state index contributed by atoms with van der Waals surface area (Å²) in [6, 6.07) is 8.41. The summed E-state index contributed by atoms with van der Waals surface area (Å²) in [6.07, 6.45) is 0. The minimum absolute atomic E-state index is 0.400. The molecule has 1 rings (SSSR count). The van der Waals surface area contributed by atoms with Gasteiger partial charge in [-0.2, -0.15) is 0 Å². The fourth-order valence-electron chi connectivity index (χ4n) is 0.633. The van der Waals surface area contributed by atoms with E-state index >= 15 is 0 Å². The van der Waals surface area contributed by atoms with E-state index in [4.69, 9.17) is 5.90 Å². The Balaban J connectivity index is 2.85. The molecule has 0 aliphatic heterocycles. The monoisotopic (exact) mass is 136 g/mol. The lowest BCUT2D eigenvalue weighted by molar-refractivity contribution is 0.0464. The summed E-state index contributed by atoms with van der Waals surface area (Å²) in [5.41, 5.74) is 0.400. The van der Waals surface area contributed by atoms with Crippen LogP contribution in [0.4, 0.5) is 0 Å². The summed E-state index contributed by atoms with van der Waals surface area (Å²) in [5.74, 6) is 5.67. The van der Waals surface area contributed by atoms with Gasteiger partial charge in [-0.3, -0.25) is 0 Å². The minimum Gasteiger partial charge on any atom is -0.348 e. The molecule has 0 spiro atoms. The Morgan fingerprint density at radius 2 is 1.90 bits per heavy atom. The molecule has 0 aromatic heterocycles. The average molecular weight is 136 g/mol. The summed E-state index contributed by atoms with van der Waals surface area (Å²) in [5, 5.41) is 0. The van der Waals surface area contributed by atoms with Gasteiger partial charge in [0.2, 0.25) is 0 Å². The van der Waals surface area contributed by atoms with E-state index in [1.54, 1.807) is 30.3 Å². The van der Waals surface area contributed by atoms with Crippen LogP contribution in [-0.2, 0) is 4.84 Å². The molecule has 0 aliphatic rings. The van der Waals surface area contributed by atoms with Crippen molar-refractivity contribution in [2.24, 2.45) is 0 Å². The second-order valence-corrected chi connectivity index (χ2v) is 1.76. The Hall–Kier alpha value is -1.35. The third kappa shape index (κ3) is 1.33. The molecule has 1 aromatic rings. The van der Waals surface area contributed by atoms with Crippen LogP contribution in [0.3, 0.4) is 0 Å². The van der Waals surface area contributed by atoms with Crippen LogP contribution in [0.1, 0.15) is 10.4 Å². The number of hydrogen-bond acceptors (Lipinski definition) is 2. The van der Waals surface area contributed by atoms with Crippen molar-refractivity contribution in [3.63, 3.8) is 0 Å². The maximum Gasteiger partial charge on any atom is 0.358 e. The first-order chi connectivity index (χ1) is 4.84. The molecule has 51 valence electrons. The molecule has 1 aromatic carbocycles. The molecule has 0 amide bonds. The number of hydrogen-bond donors (Lipinski definition) is 0. The largest absolute Gasteiger partial charge is 0.358 e. The number of rotatable bonds is 1. The Morgan fingerprint density at radius 3 is 2.40 bits per heavy atom. The van der Waals surface area contributed by atoms with Crippen LogP contribution in [0.2, 0.25) is 0 Å². The van der Waals surface area contributed by atoms with Crippen molar-refractivity contribution in [3.05, 3.63) is 35.9 Å². The number of nitrogens with one attached hydrogen (secondary N) is 1. The molecular weight excluding hydrogens is 130 g/mol. The number of carbonyl (C=O) groups excluding carboxylic acids is 1. The van der Waals surface area contributed by atoms with Gasteiger partial charge in [0, 0.05) is 0 Å². The van der Waals surface area contributed by atoms with Crippen molar-refractivity contribution in [3.8, 4) is 0 Å². The van der Waals surface area contributed by atoms with E-state index in [1.807, 2.05) is 0 Å². The molecule has 0 aliphatic carbocycles. The van der Waals surface area contributed by atoms with Gasteiger partial charge in [0.25, 0.3) is 0 Å². The lowest BCUT2D eigenvalue weighted by Gasteiger charge is -1.93. The van der Waals surface area contributed by atoms with E-state index in [9.17, 15) is 4.79 Å². The Labute approximate surface area is 58.4 Å². The van der Waals surface area contributed by atoms with E-state index < -0.39 is 5.97 Å². The van der Waals surface area contributed by atoms with Crippen LogP contribution >= 0.6 is 0 Å². The smallest absolute Gasteiger partial charge is 0.348 e. The zero-order chi connectivity index (χ0) is 7.40. The fourth-order valence-corrected chi connectivity index (χ4v) is 0.633. The van der Waals surface area contributed by atoms with Gasteiger partial charge < -0.3 is 4.84 Å². The summed E-state index contributed by atoms with van der Waals surface area (Å²) >= 11 is 0. The molecule has 0 heterocycles. The summed E-state index contributed by atoms with van der Waals surface area (Å²) in [4.78, 5) is 14.4. The zero-order valence-electron chi connectivity index (χ0n) is 5.20. The van der Waals surface area contributed by atoms with Gasteiger partial charge in [-0.15, -0.1) is 0 Å². The lowest BCUT2D eigenvalue weighted by Crippen LogP contribution is -2.01. The molecule has 10 heavy (non-hydrogen) atoms. The van der Waals surface area contributed by atoms with E-state index in [1.165, 1.54) is 0 Å². The van der Waals surface area contributed by atoms with Gasteiger partial charge in [0.1, 0.15) is 0 Å². The average Bonchev–Trinajstić information content (AvgIpc) is 2.05. The first kappa shape index (κ1) is 6.77. The van der Waals surface area contributed by atoms with Gasteiger partial charge in [0.05, 0.1) is 5.56 Å². The molecule has 3 nitrogen and oxygen atoms in total. The number of carbonyl (C=O) groups is 1. The molecule has 0 bridgehead atoms. The predicted octanol–water partition coefficient (Wildman–Crippen LogP) is 1.04. The standard InChI is InChI=1S/C7H6NO2/c8-10-7(9)6-4-2-1-3-5-6/h1-5,8H. The SMILES string of the molecule is [NH]OC(=O)c1ccccc1. The highest BCUT2D eigenvalue weighted by atomic mass is 16.7. The summed E-state index contributed by atoms with van der Waals surface area (Å²) in [6.45, 7) is 0. The Kier molecular flexibility index (Phi) is 2.02. The van der Waals surface area contributed by atoms with E-state index in [2.05, 4.69) is 4.84 Å². The lowest BCUT2D eigenvalue weighted by atomic mass is 10.2. The molecule has 0 fully saturated rings. The maximum absolute atomic E-state index is 10.6. The third-order valence-corrected chi connectivity index (χ3v) is 1.10. The molecular formula is C7H6NO2. The third-order valence-electron chi connectivity index (χ3n) is 1.10. The van der Waals surface area contributed by atoms with Crippen LogP contribution in [0.15, 0.2) is 30.3 Å². The molecule has 3 heteroatoms. The van der Waals surface area contributed by atoms with Crippen molar-refractivity contribution < 1.29 is 9.63 Å². The highest BCUT2D eigenvalue weighted by molar-refractivity contribution is 5.88. The fraction of sp³-hybridized carbons (Fsp3) is 0. The van der Waals surface area contributed by atoms with Crippen LogP contribution in [0, 0.1) is 0 Å². The molecule has 1 N–H and O–H groups in total. The highest BCUT2D eigenvalue weighted by Crippen LogP contribution is 1.98. The molecule has 0 saturated carbocycles. The quantitative estimate of drug-likeness (QED) is 0.541. The van der Waals surface area contributed by atoms with Crippen molar-refractivity contribution >= 4 is 5.97 Å². The predicted molar refractivity (Wildman–Crippen MR) is 35.0 cm³/mol. The van der Waals surface area contributed by atoms with Gasteiger partial charge >= 0.3 is 5.97 Å². The van der Waals surface area contributed by atoms with Gasteiger partial charge in [-0.25, -0.2) is 4.79 Å². The van der Waals surface area contributed by atoms with Gasteiger partial charge in [-0.1, -0.05) is 24.1 Å². The summed E-state index contributed by atoms with van der Waals surface area (Å²) in [7, 11) is 0. The first-order valence-electron chi connectivity index (χ1n) is 2.77. The molecule has 1 radical (unpaired) electrons. The van der Waals surface area contributed by atoms with Crippen molar-refractivity contribution in [1.29, 1.82) is 0 Å². The topological polar surface area (TPSA) is 50.1 Å². The van der Waals surface area contributed by atoms with Crippen molar-refractivity contribution in [2.45, 2.75) is 0 Å². The Bertz CT molecular complexity index is 220.